The average molecular weight is 333 g/mol. The number of hydrogen-bond donors (Lipinski definition) is 2. The number of aryl methyl sites for hydroxylation is 1. The first kappa shape index (κ1) is 17.2. The molecule has 2 N–H and O–H groups in total. The number of guanidine groups is 1. The van der Waals surface area contributed by atoms with E-state index in [4.69, 9.17) is 4.74 Å². The van der Waals surface area contributed by atoms with E-state index in [2.05, 4.69) is 39.4 Å². The van der Waals surface area contributed by atoms with Gasteiger partial charge in [0.25, 0.3) is 0 Å². The van der Waals surface area contributed by atoms with Crippen LogP contribution in [0.3, 0.4) is 0 Å². The second-order valence-electron chi connectivity index (χ2n) is 4.95. The maximum atomic E-state index is 5.05. The molecule has 23 heavy (non-hydrogen) atoms. The fourth-order valence-corrected chi connectivity index (χ4v) is 2.73. The summed E-state index contributed by atoms with van der Waals surface area (Å²) in [6, 6.07) is 3.81. The molecular weight excluding hydrogens is 310 g/mol. The SMILES string of the molecule is CCNC(=NCc1ccc(OC)nc1)NCCc1ncc(C)s1. The van der Waals surface area contributed by atoms with E-state index < -0.39 is 0 Å². The molecule has 0 unspecified atom stereocenters. The minimum absolute atomic E-state index is 0.572. The predicted octanol–water partition coefficient (Wildman–Crippen LogP) is 2.15. The van der Waals surface area contributed by atoms with Crippen LogP contribution in [0.15, 0.2) is 29.5 Å². The summed E-state index contributed by atoms with van der Waals surface area (Å²) in [6.45, 7) is 6.32. The van der Waals surface area contributed by atoms with Crippen molar-refractivity contribution in [2.45, 2.75) is 26.8 Å². The molecule has 0 aliphatic heterocycles. The van der Waals surface area contributed by atoms with Crippen LogP contribution in [0.4, 0.5) is 0 Å². The third-order valence-corrected chi connectivity index (χ3v) is 4.04. The van der Waals surface area contributed by atoms with E-state index in [9.17, 15) is 0 Å². The normalized spacial score (nSPS) is 11.3. The second-order valence-corrected chi connectivity index (χ2v) is 6.26. The van der Waals surface area contributed by atoms with Crippen LogP contribution in [0, 0.1) is 6.92 Å². The highest BCUT2D eigenvalue weighted by Gasteiger charge is 2.01. The largest absolute Gasteiger partial charge is 0.481 e. The molecule has 0 atom stereocenters. The highest BCUT2D eigenvalue weighted by Crippen LogP contribution is 2.11. The summed E-state index contributed by atoms with van der Waals surface area (Å²) >= 11 is 1.73. The third kappa shape index (κ3) is 5.86. The number of rotatable bonds is 7. The van der Waals surface area contributed by atoms with Gasteiger partial charge in [0.05, 0.1) is 18.7 Å². The van der Waals surface area contributed by atoms with Crippen LogP contribution >= 0.6 is 11.3 Å². The Morgan fingerprint density at radius 1 is 1.26 bits per heavy atom. The van der Waals surface area contributed by atoms with E-state index >= 15 is 0 Å². The smallest absolute Gasteiger partial charge is 0.212 e. The van der Waals surface area contributed by atoms with Crippen LogP contribution in [0.5, 0.6) is 5.88 Å². The van der Waals surface area contributed by atoms with Gasteiger partial charge in [0, 0.05) is 42.8 Å². The average Bonchev–Trinajstić information content (AvgIpc) is 2.98. The van der Waals surface area contributed by atoms with Gasteiger partial charge in [0.15, 0.2) is 5.96 Å². The van der Waals surface area contributed by atoms with Crippen LogP contribution in [-0.2, 0) is 13.0 Å². The Labute approximate surface area is 141 Å². The molecule has 2 aromatic heterocycles. The molecule has 7 heteroatoms. The Morgan fingerprint density at radius 2 is 2.13 bits per heavy atom. The summed E-state index contributed by atoms with van der Waals surface area (Å²) in [5.74, 6) is 1.41. The lowest BCUT2D eigenvalue weighted by molar-refractivity contribution is 0.397. The zero-order valence-corrected chi connectivity index (χ0v) is 14.6. The van der Waals surface area contributed by atoms with Gasteiger partial charge in [0.1, 0.15) is 0 Å². The van der Waals surface area contributed by atoms with Crippen molar-refractivity contribution in [3.05, 3.63) is 40.0 Å². The molecule has 0 aliphatic carbocycles. The van der Waals surface area contributed by atoms with E-state index in [0.29, 0.717) is 12.4 Å². The highest BCUT2D eigenvalue weighted by molar-refractivity contribution is 7.11. The molecule has 0 amide bonds. The topological polar surface area (TPSA) is 71.4 Å². The molecule has 0 spiro atoms. The molecule has 2 aromatic rings. The molecule has 6 nitrogen and oxygen atoms in total. The number of aromatic nitrogens is 2. The van der Waals surface area contributed by atoms with Crippen molar-refractivity contribution < 1.29 is 4.74 Å². The fraction of sp³-hybridized carbons (Fsp3) is 0.438. The molecule has 0 aromatic carbocycles. The van der Waals surface area contributed by atoms with Gasteiger partial charge in [0.2, 0.25) is 5.88 Å². The van der Waals surface area contributed by atoms with E-state index in [0.717, 1.165) is 36.0 Å². The summed E-state index contributed by atoms with van der Waals surface area (Å²) in [7, 11) is 1.61. The molecule has 0 radical (unpaired) electrons. The van der Waals surface area contributed by atoms with E-state index in [1.807, 2.05) is 18.3 Å². The van der Waals surface area contributed by atoms with Crippen LogP contribution in [-0.4, -0.2) is 36.1 Å². The second kappa shape index (κ2) is 9.09. The number of nitrogens with zero attached hydrogens (tertiary/aromatic N) is 3. The zero-order valence-electron chi connectivity index (χ0n) is 13.8. The molecule has 0 aliphatic rings. The number of aliphatic imine (C=N–C) groups is 1. The van der Waals surface area contributed by atoms with Crippen molar-refractivity contribution in [1.82, 2.24) is 20.6 Å². The number of nitrogens with one attached hydrogen (secondary N) is 2. The Bertz CT molecular complexity index is 624. The number of hydrogen-bond acceptors (Lipinski definition) is 5. The number of thiazole rings is 1. The van der Waals surface area contributed by atoms with Crippen molar-refractivity contribution in [3.8, 4) is 5.88 Å². The minimum Gasteiger partial charge on any atom is -0.481 e. The molecule has 0 bridgehead atoms. The molecule has 0 fully saturated rings. The van der Waals surface area contributed by atoms with Gasteiger partial charge in [-0.25, -0.2) is 15.0 Å². The van der Waals surface area contributed by atoms with Crippen LogP contribution in [0.2, 0.25) is 0 Å². The van der Waals surface area contributed by atoms with Gasteiger partial charge in [-0.2, -0.15) is 0 Å². The van der Waals surface area contributed by atoms with Crippen molar-refractivity contribution in [2.75, 3.05) is 20.2 Å². The summed E-state index contributed by atoms with van der Waals surface area (Å²) in [5.41, 5.74) is 1.04. The number of ether oxygens (including phenoxy) is 1. The van der Waals surface area contributed by atoms with Gasteiger partial charge < -0.3 is 15.4 Å². The summed E-state index contributed by atoms with van der Waals surface area (Å²) in [6.07, 6.45) is 4.59. The van der Waals surface area contributed by atoms with E-state index in [1.165, 1.54) is 4.88 Å². The summed E-state index contributed by atoms with van der Waals surface area (Å²) in [5, 5.41) is 7.72. The predicted molar refractivity (Wildman–Crippen MR) is 94.2 cm³/mol. The summed E-state index contributed by atoms with van der Waals surface area (Å²) in [4.78, 5) is 14.4. The monoisotopic (exact) mass is 333 g/mol. The van der Waals surface area contributed by atoms with E-state index in [1.54, 1.807) is 24.6 Å². The van der Waals surface area contributed by atoms with Crippen molar-refractivity contribution in [3.63, 3.8) is 0 Å². The van der Waals surface area contributed by atoms with Gasteiger partial charge >= 0.3 is 0 Å². The maximum Gasteiger partial charge on any atom is 0.212 e. The summed E-state index contributed by atoms with van der Waals surface area (Å²) < 4.78 is 5.05. The van der Waals surface area contributed by atoms with E-state index in [-0.39, 0.29) is 0 Å². The van der Waals surface area contributed by atoms with Gasteiger partial charge in [-0.15, -0.1) is 11.3 Å². The van der Waals surface area contributed by atoms with Crippen LogP contribution < -0.4 is 15.4 Å². The van der Waals surface area contributed by atoms with Crippen LogP contribution in [0.25, 0.3) is 0 Å². The lowest BCUT2D eigenvalue weighted by Crippen LogP contribution is -2.38. The lowest BCUT2D eigenvalue weighted by Gasteiger charge is -2.10. The van der Waals surface area contributed by atoms with Gasteiger partial charge in [-0.1, -0.05) is 6.07 Å². The Kier molecular flexibility index (Phi) is 6.80. The molecule has 124 valence electrons. The Hall–Kier alpha value is -2.15. The fourth-order valence-electron chi connectivity index (χ4n) is 1.94. The molecular formula is C16H23N5OS. The van der Waals surface area contributed by atoms with Gasteiger partial charge in [-0.05, 0) is 19.4 Å². The number of methoxy groups -OCH3 is 1. The first-order chi connectivity index (χ1) is 11.2. The maximum absolute atomic E-state index is 5.05. The highest BCUT2D eigenvalue weighted by atomic mass is 32.1. The molecule has 0 saturated heterocycles. The molecule has 2 rings (SSSR count). The minimum atomic E-state index is 0.572. The molecule has 2 heterocycles. The standard InChI is InChI=1S/C16H23N5OS/c1-4-17-16(18-8-7-15-20-9-12(2)23-15)21-11-13-5-6-14(22-3)19-10-13/h5-6,9-10H,4,7-8,11H2,1-3H3,(H2,17,18,21). The van der Waals surface area contributed by atoms with Crippen molar-refractivity contribution >= 4 is 17.3 Å². The Balaban J connectivity index is 1.85. The zero-order chi connectivity index (χ0) is 16.5. The Morgan fingerprint density at radius 3 is 2.74 bits per heavy atom. The van der Waals surface area contributed by atoms with Gasteiger partial charge in [-0.3, -0.25) is 0 Å². The third-order valence-electron chi connectivity index (χ3n) is 3.07. The quantitative estimate of drug-likeness (QED) is 0.600. The first-order valence-electron chi connectivity index (χ1n) is 7.63. The van der Waals surface area contributed by atoms with Crippen molar-refractivity contribution in [2.24, 2.45) is 4.99 Å². The first-order valence-corrected chi connectivity index (χ1v) is 8.45. The lowest BCUT2D eigenvalue weighted by atomic mass is 10.3. The molecule has 0 saturated carbocycles. The van der Waals surface area contributed by atoms with Crippen molar-refractivity contribution in [1.29, 1.82) is 0 Å². The van der Waals surface area contributed by atoms with Crippen LogP contribution in [0.1, 0.15) is 22.4 Å². The number of pyridine rings is 1.